The lowest BCUT2D eigenvalue weighted by molar-refractivity contribution is 0.376. The molecule has 0 aliphatic rings. The van der Waals surface area contributed by atoms with Crippen LogP contribution >= 0.6 is 0 Å². The molecule has 0 fully saturated rings. The quantitative estimate of drug-likeness (QED) is 0.520. The van der Waals surface area contributed by atoms with E-state index in [2.05, 4.69) is 48.7 Å². The van der Waals surface area contributed by atoms with Crippen molar-refractivity contribution in [2.24, 2.45) is 10.4 Å². The predicted octanol–water partition coefficient (Wildman–Crippen LogP) is 2.63. The molecule has 1 rings (SSSR count). The van der Waals surface area contributed by atoms with E-state index >= 15 is 0 Å². The molecule has 1 aromatic rings. The van der Waals surface area contributed by atoms with Crippen LogP contribution in [0.25, 0.3) is 0 Å². The largest absolute Gasteiger partial charge is 0.357 e. The van der Waals surface area contributed by atoms with Crippen molar-refractivity contribution < 1.29 is 8.42 Å². The molecule has 1 atom stereocenters. The van der Waals surface area contributed by atoms with Crippen molar-refractivity contribution in [3.05, 3.63) is 35.9 Å². The number of guanidine groups is 1. The maximum atomic E-state index is 11.3. The van der Waals surface area contributed by atoms with Gasteiger partial charge in [0, 0.05) is 25.4 Å². The Hall–Kier alpha value is -1.56. The van der Waals surface area contributed by atoms with E-state index in [-0.39, 0.29) is 17.2 Å². The van der Waals surface area contributed by atoms with Crippen molar-refractivity contribution in [3.8, 4) is 0 Å². The molecule has 0 radical (unpaired) electrons. The van der Waals surface area contributed by atoms with Gasteiger partial charge in [-0.2, -0.15) is 0 Å². The zero-order valence-corrected chi connectivity index (χ0v) is 17.0. The number of aliphatic imine (C=N–C) groups is 1. The Morgan fingerprint density at radius 3 is 2.44 bits per heavy atom. The molecule has 5 nitrogen and oxygen atoms in total. The summed E-state index contributed by atoms with van der Waals surface area (Å²) in [5.41, 5.74) is 1.35. The van der Waals surface area contributed by atoms with E-state index < -0.39 is 9.84 Å². The first kappa shape index (κ1) is 21.5. The van der Waals surface area contributed by atoms with Crippen LogP contribution in [-0.4, -0.2) is 45.5 Å². The van der Waals surface area contributed by atoms with Crippen LogP contribution in [0.3, 0.4) is 0 Å². The minimum absolute atomic E-state index is 0.0414. The molecule has 1 aromatic carbocycles. The fraction of sp³-hybridized carbons (Fsp3) is 0.632. The summed E-state index contributed by atoms with van der Waals surface area (Å²) in [6.07, 6.45) is 2.79. The van der Waals surface area contributed by atoms with Crippen molar-refractivity contribution in [1.29, 1.82) is 0 Å². The first-order valence-electron chi connectivity index (χ1n) is 8.88. The second kappa shape index (κ2) is 9.80. The van der Waals surface area contributed by atoms with Gasteiger partial charge in [-0.25, -0.2) is 8.42 Å². The number of rotatable bonds is 9. The summed E-state index contributed by atoms with van der Waals surface area (Å²) < 4.78 is 22.6. The van der Waals surface area contributed by atoms with Crippen LogP contribution in [-0.2, 0) is 16.3 Å². The van der Waals surface area contributed by atoms with E-state index in [1.54, 1.807) is 0 Å². The summed E-state index contributed by atoms with van der Waals surface area (Å²) in [7, 11) is -2.94. The van der Waals surface area contributed by atoms with Gasteiger partial charge in [0.15, 0.2) is 5.96 Å². The van der Waals surface area contributed by atoms with E-state index in [0.29, 0.717) is 13.0 Å². The van der Waals surface area contributed by atoms with Crippen molar-refractivity contribution in [2.45, 2.75) is 46.6 Å². The van der Waals surface area contributed by atoms with Crippen LogP contribution in [0.5, 0.6) is 0 Å². The van der Waals surface area contributed by atoms with E-state index in [9.17, 15) is 8.42 Å². The Kier molecular flexibility index (Phi) is 8.42. The van der Waals surface area contributed by atoms with Crippen molar-refractivity contribution >= 4 is 15.8 Å². The summed E-state index contributed by atoms with van der Waals surface area (Å²) in [4.78, 5) is 4.71. The van der Waals surface area contributed by atoms with Crippen LogP contribution in [0.2, 0.25) is 0 Å². The molecule has 6 heteroatoms. The Morgan fingerprint density at radius 1 is 1.24 bits per heavy atom. The summed E-state index contributed by atoms with van der Waals surface area (Å²) in [6, 6.07) is 10.5. The number of nitrogens with one attached hydrogen (secondary N) is 2. The number of nitrogens with zero attached hydrogens (tertiary/aromatic N) is 1. The lowest BCUT2D eigenvalue weighted by Gasteiger charge is -2.24. The molecule has 0 amide bonds. The van der Waals surface area contributed by atoms with Crippen LogP contribution in [0.1, 0.15) is 39.7 Å². The van der Waals surface area contributed by atoms with Gasteiger partial charge < -0.3 is 10.6 Å². The van der Waals surface area contributed by atoms with E-state index in [0.717, 1.165) is 18.9 Å². The predicted molar refractivity (Wildman–Crippen MR) is 107 cm³/mol. The SMILES string of the molecule is CCNC(=NCC(C)(C)Cc1ccccc1)NC(C)CCS(C)(=O)=O. The third-order valence-corrected chi connectivity index (χ3v) is 4.82. The summed E-state index contributed by atoms with van der Waals surface area (Å²) in [6.45, 7) is 9.88. The van der Waals surface area contributed by atoms with Crippen LogP contribution in [0.15, 0.2) is 35.3 Å². The molecule has 0 saturated heterocycles. The smallest absolute Gasteiger partial charge is 0.191 e. The van der Waals surface area contributed by atoms with Crippen molar-refractivity contribution in [2.75, 3.05) is 25.1 Å². The fourth-order valence-electron chi connectivity index (χ4n) is 2.51. The highest BCUT2D eigenvalue weighted by Crippen LogP contribution is 2.22. The molecule has 0 spiro atoms. The zero-order valence-electron chi connectivity index (χ0n) is 16.2. The van der Waals surface area contributed by atoms with Crippen LogP contribution in [0.4, 0.5) is 0 Å². The van der Waals surface area contributed by atoms with E-state index in [1.165, 1.54) is 11.8 Å². The minimum Gasteiger partial charge on any atom is -0.357 e. The van der Waals surface area contributed by atoms with E-state index in [4.69, 9.17) is 4.99 Å². The topological polar surface area (TPSA) is 70.6 Å². The zero-order chi connectivity index (χ0) is 18.9. The molecule has 0 saturated carbocycles. The van der Waals surface area contributed by atoms with Crippen molar-refractivity contribution in [3.63, 3.8) is 0 Å². The molecule has 0 bridgehead atoms. The molecule has 0 aliphatic heterocycles. The lowest BCUT2D eigenvalue weighted by atomic mass is 9.86. The molecule has 2 N–H and O–H groups in total. The molecule has 0 heterocycles. The van der Waals surface area contributed by atoms with Gasteiger partial charge in [-0.15, -0.1) is 0 Å². The van der Waals surface area contributed by atoms with Gasteiger partial charge in [0.25, 0.3) is 0 Å². The fourth-order valence-corrected chi connectivity index (χ4v) is 3.30. The van der Waals surface area contributed by atoms with Gasteiger partial charge >= 0.3 is 0 Å². The van der Waals surface area contributed by atoms with Gasteiger partial charge in [0.1, 0.15) is 9.84 Å². The monoisotopic (exact) mass is 367 g/mol. The summed E-state index contributed by atoms with van der Waals surface area (Å²) >= 11 is 0. The molecule has 0 aromatic heterocycles. The standard InChI is InChI=1S/C19H33N3O2S/c1-6-20-18(22-16(2)12-13-25(5,23)24)21-15-19(3,4)14-17-10-8-7-9-11-17/h7-11,16H,6,12-15H2,1-5H3,(H2,20,21,22). The van der Waals surface area contributed by atoms with Crippen LogP contribution < -0.4 is 10.6 Å². The van der Waals surface area contributed by atoms with Crippen molar-refractivity contribution in [1.82, 2.24) is 10.6 Å². The Balaban J connectivity index is 2.64. The second-order valence-electron chi connectivity index (χ2n) is 7.49. The van der Waals surface area contributed by atoms with Gasteiger partial charge in [-0.1, -0.05) is 44.2 Å². The Bertz CT molecular complexity index is 640. The Morgan fingerprint density at radius 2 is 1.88 bits per heavy atom. The first-order chi connectivity index (χ1) is 11.6. The highest BCUT2D eigenvalue weighted by molar-refractivity contribution is 7.90. The van der Waals surface area contributed by atoms with Crippen LogP contribution in [0, 0.1) is 5.41 Å². The third-order valence-electron chi connectivity index (χ3n) is 3.84. The lowest BCUT2D eigenvalue weighted by Crippen LogP contribution is -2.43. The second-order valence-corrected chi connectivity index (χ2v) is 9.75. The molecule has 0 aliphatic carbocycles. The molecule has 1 unspecified atom stereocenters. The maximum absolute atomic E-state index is 11.3. The van der Waals surface area contributed by atoms with Gasteiger partial charge in [0.05, 0.1) is 5.75 Å². The maximum Gasteiger partial charge on any atom is 0.191 e. The normalized spacial score (nSPS) is 14.2. The molecule has 142 valence electrons. The minimum atomic E-state index is -2.94. The van der Waals surface area contributed by atoms with E-state index in [1.807, 2.05) is 19.9 Å². The van der Waals surface area contributed by atoms with Gasteiger partial charge in [-0.3, -0.25) is 4.99 Å². The number of benzene rings is 1. The molecular weight excluding hydrogens is 334 g/mol. The average molecular weight is 368 g/mol. The number of sulfone groups is 1. The number of hydrogen-bond donors (Lipinski definition) is 2. The molecular formula is C19H33N3O2S. The summed E-state index contributed by atoms with van der Waals surface area (Å²) in [5.74, 6) is 0.921. The highest BCUT2D eigenvalue weighted by atomic mass is 32.2. The average Bonchev–Trinajstić information content (AvgIpc) is 2.51. The first-order valence-corrected chi connectivity index (χ1v) is 10.9. The van der Waals surface area contributed by atoms with Gasteiger partial charge in [-0.05, 0) is 37.7 Å². The van der Waals surface area contributed by atoms with Gasteiger partial charge in [0.2, 0.25) is 0 Å². The summed E-state index contributed by atoms with van der Waals surface area (Å²) in [5, 5.41) is 6.54. The highest BCUT2D eigenvalue weighted by Gasteiger charge is 2.19. The molecule has 25 heavy (non-hydrogen) atoms. The Labute approximate surface area is 153 Å². The third kappa shape index (κ3) is 10.1. The number of hydrogen-bond acceptors (Lipinski definition) is 3.